The molecule has 0 unspecified atom stereocenters. The monoisotopic (exact) mass is 415 g/mol. The number of aryl methyl sites for hydroxylation is 1. The minimum absolute atomic E-state index is 0.444. The molecule has 0 atom stereocenters. The van der Waals surface area contributed by atoms with Gasteiger partial charge in [0.1, 0.15) is 12.4 Å². The van der Waals surface area contributed by atoms with Crippen LogP contribution in [0.3, 0.4) is 0 Å². The first-order valence-electron chi connectivity index (χ1n) is 8.07. The quantitative estimate of drug-likeness (QED) is 0.488. The molecule has 0 aliphatic heterocycles. The summed E-state index contributed by atoms with van der Waals surface area (Å²) in [5.74, 6) is 0.805. The second kappa shape index (κ2) is 8.41. The number of ether oxygens (including phenoxy) is 1. The van der Waals surface area contributed by atoms with Gasteiger partial charge in [-0.15, -0.1) is 0 Å². The number of halogens is 2. The maximum Gasteiger partial charge on any atom is 0.134 e. The predicted octanol–water partition coefficient (Wildman–Crippen LogP) is 6.60. The molecule has 0 aliphatic carbocycles. The fourth-order valence-electron chi connectivity index (χ4n) is 2.50. The zero-order valence-corrected chi connectivity index (χ0v) is 16.3. The third kappa shape index (κ3) is 5.00. The van der Waals surface area contributed by atoms with Crippen molar-refractivity contribution in [2.24, 2.45) is 0 Å². The maximum absolute atomic E-state index is 6.17. The van der Waals surface area contributed by atoms with E-state index in [1.807, 2.05) is 30.3 Å². The van der Waals surface area contributed by atoms with Gasteiger partial charge in [-0.1, -0.05) is 48.0 Å². The van der Waals surface area contributed by atoms with Crippen molar-refractivity contribution in [1.82, 2.24) is 0 Å². The Morgan fingerprint density at radius 2 is 1.84 bits per heavy atom. The highest BCUT2D eigenvalue weighted by atomic mass is 79.9. The summed E-state index contributed by atoms with van der Waals surface area (Å²) in [7, 11) is 0. The highest BCUT2D eigenvalue weighted by molar-refractivity contribution is 9.10. The minimum atomic E-state index is 0.444. The normalized spacial score (nSPS) is 10.5. The first kappa shape index (κ1) is 17.8. The molecule has 0 fully saturated rings. The number of benzene rings is 3. The molecule has 0 aromatic heterocycles. The lowest BCUT2D eigenvalue weighted by atomic mass is 10.2. The molecule has 0 radical (unpaired) electrons. The first-order chi connectivity index (χ1) is 12.1. The number of nitrogens with one attached hydrogen (secondary N) is 1. The van der Waals surface area contributed by atoms with E-state index < -0.39 is 0 Å². The Kier molecular flexibility index (Phi) is 6.00. The van der Waals surface area contributed by atoms with E-state index in [4.69, 9.17) is 16.3 Å². The van der Waals surface area contributed by atoms with Crippen molar-refractivity contribution >= 4 is 33.2 Å². The van der Waals surface area contributed by atoms with Gasteiger partial charge >= 0.3 is 0 Å². The zero-order chi connectivity index (χ0) is 17.6. The summed E-state index contributed by atoms with van der Waals surface area (Å²) in [5.41, 5.74) is 4.52. The van der Waals surface area contributed by atoms with Gasteiger partial charge in [0, 0.05) is 22.8 Å². The van der Waals surface area contributed by atoms with Crippen molar-refractivity contribution in [2.45, 2.75) is 20.1 Å². The van der Waals surface area contributed by atoms with Crippen LogP contribution in [0.5, 0.6) is 5.75 Å². The molecule has 0 bridgehead atoms. The third-order valence-electron chi connectivity index (χ3n) is 3.85. The van der Waals surface area contributed by atoms with Gasteiger partial charge in [0.25, 0.3) is 0 Å². The largest absolute Gasteiger partial charge is 0.488 e. The minimum Gasteiger partial charge on any atom is -0.488 e. The van der Waals surface area contributed by atoms with Crippen LogP contribution in [0.2, 0.25) is 5.02 Å². The van der Waals surface area contributed by atoms with E-state index in [1.165, 1.54) is 11.1 Å². The molecular weight excluding hydrogens is 398 g/mol. The summed E-state index contributed by atoms with van der Waals surface area (Å²) < 4.78 is 6.82. The zero-order valence-electron chi connectivity index (χ0n) is 13.9. The van der Waals surface area contributed by atoms with E-state index in [1.54, 1.807) is 0 Å². The van der Waals surface area contributed by atoms with Crippen LogP contribution in [-0.4, -0.2) is 0 Å². The smallest absolute Gasteiger partial charge is 0.134 e. The highest BCUT2D eigenvalue weighted by Crippen LogP contribution is 2.28. The topological polar surface area (TPSA) is 21.3 Å². The van der Waals surface area contributed by atoms with Gasteiger partial charge in [-0.3, -0.25) is 0 Å². The maximum atomic E-state index is 6.17. The van der Waals surface area contributed by atoms with E-state index in [9.17, 15) is 0 Å². The van der Waals surface area contributed by atoms with Crippen molar-refractivity contribution in [2.75, 3.05) is 5.32 Å². The van der Waals surface area contributed by atoms with E-state index in [-0.39, 0.29) is 0 Å². The van der Waals surface area contributed by atoms with Crippen LogP contribution in [0, 0.1) is 6.92 Å². The average molecular weight is 417 g/mol. The summed E-state index contributed by atoms with van der Waals surface area (Å²) in [5, 5.41) is 4.15. The average Bonchev–Trinajstić information content (AvgIpc) is 2.60. The van der Waals surface area contributed by atoms with Crippen LogP contribution < -0.4 is 10.1 Å². The summed E-state index contributed by atoms with van der Waals surface area (Å²) in [4.78, 5) is 0. The first-order valence-corrected chi connectivity index (χ1v) is 9.24. The van der Waals surface area contributed by atoms with Gasteiger partial charge in [-0.05, 0) is 64.3 Å². The van der Waals surface area contributed by atoms with Crippen LogP contribution in [0.1, 0.15) is 16.7 Å². The lowest BCUT2D eigenvalue weighted by Crippen LogP contribution is -2.01. The standard InChI is InChI=1S/C21H19BrClNO/c1-15-5-4-7-18(11-15)24-13-16-9-10-21(19(22)12-16)25-14-17-6-2-3-8-20(17)23/h2-12,24H,13-14H2,1H3. The van der Waals surface area contributed by atoms with Gasteiger partial charge in [0.15, 0.2) is 0 Å². The summed E-state index contributed by atoms with van der Waals surface area (Å²) in [6.45, 7) is 3.29. The van der Waals surface area contributed by atoms with Gasteiger partial charge in [0.2, 0.25) is 0 Å². The van der Waals surface area contributed by atoms with Crippen molar-refractivity contribution in [1.29, 1.82) is 0 Å². The molecule has 3 rings (SSSR count). The fourth-order valence-corrected chi connectivity index (χ4v) is 3.23. The summed E-state index contributed by atoms with van der Waals surface area (Å²) >= 11 is 9.76. The Morgan fingerprint density at radius 3 is 2.60 bits per heavy atom. The van der Waals surface area contributed by atoms with E-state index in [0.29, 0.717) is 6.61 Å². The molecule has 1 N–H and O–H groups in total. The van der Waals surface area contributed by atoms with Crippen molar-refractivity contribution in [3.05, 3.63) is 92.9 Å². The molecular formula is C21H19BrClNO. The Morgan fingerprint density at radius 1 is 1.00 bits per heavy atom. The number of rotatable bonds is 6. The molecule has 3 aromatic rings. The second-order valence-corrected chi connectivity index (χ2v) is 7.13. The van der Waals surface area contributed by atoms with Crippen molar-refractivity contribution in [3.8, 4) is 5.75 Å². The summed E-state index contributed by atoms with van der Waals surface area (Å²) in [6, 6.07) is 22.2. The number of hydrogen-bond acceptors (Lipinski definition) is 2. The van der Waals surface area contributed by atoms with Gasteiger partial charge < -0.3 is 10.1 Å². The molecule has 25 heavy (non-hydrogen) atoms. The molecule has 0 saturated heterocycles. The van der Waals surface area contributed by atoms with Crippen LogP contribution in [0.15, 0.2) is 71.2 Å². The molecule has 2 nitrogen and oxygen atoms in total. The molecule has 4 heteroatoms. The van der Waals surface area contributed by atoms with Crippen LogP contribution >= 0.6 is 27.5 Å². The second-order valence-electron chi connectivity index (χ2n) is 5.87. The van der Waals surface area contributed by atoms with Gasteiger partial charge in [-0.2, -0.15) is 0 Å². The Labute approximate surface area is 161 Å². The van der Waals surface area contributed by atoms with Gasteiger partial charge in [0.05, 0.1) is 4.47 Å². The molecule has 0 heterocycles. The van der Waals surface area contributed by atoms with E-state index in [2.05, 4.69) is 64.6 Å². The fraction of sp³-hybridized carbons (Fsp3) is 0.143. The molecule has 3 aromatic carbocycles. The molecule has 0 spiro atoms. The van der Waals surface area contributed by atoms with Gasteiger partial charge in [-0.25, -0.2) is 0 Å². The third-order valence-corrected chi connectivity index (χ3v) is 4.84. The van der Waals surface area contributed by atoms with Crippen molar-refractivity contribution in [3.63, 3.8) is 0 Å². The lowest BCUT2D eigenvalue weighted by Gasteiger charge is -2.12. The van der Waals surface area contributed by atoms with E-state index >= 15 is 0 Å². The van der Waals surface area contributed by atoms with Crippen molar-refractivity contribution < 1.29 is 4.74 Å². The molecule has 0 aliphatic rings. The molecule has 128 valence electrons. The number of anilines is 1. The molecule has 0 saturated carbocycles. The van der Waals surface area contributed by atoms with Crippen LogP contribution in [-0.2, 0) is 13.2 Å². The lowest BCUT2D eigenvalue weighted by molar-refractivity contribution is 0.304. The Hall–Kier alpha value is -1.97. The SMILES string of the molecule is Cc1cccc(NCc2ccc(OCc3ccccc3Cl)c(Br)c2)c1. The highest BCUT2D eigenvalue weighted by Gasteiger charge is 2.05. The van der Waals surface area contributed by atoms with Crippen LogP contribution in [0.4, 0.5) is 5.69 Å². The number of hydrogen-bond donors (Lipinski definition) is 1. The summed E-state index contributed by atoms with van der Waals surface area (Å²) in [6.07, 6.45) is 0. The molecule has 0 amide bonds. The predicted molar refractivity (Wildman–Crippen MR) is 108 cm³/mol. The van der Waals surface area contributed by atoms with Crippen LogP contribution in [0.25, 0.3) is 0 Å². The van der Waals surface area contributed by atoms with E-state index in [0.717, 1.165) is 33.0 Å². The Balaban J connectivity index is 1.61. The Bertz CT molecular complexity index is 866.